The summed E-state index contributed by atoms with van der Waals surface area (Å²) in [5.74, 6) is 1.45. The summed E-state index contributed by atoms with van der Waals surface area (Å²) in [6, 6.07) is 14.6. The van der Waals surface area contributed by atoms with Crippen molar-refractivity contribution < 1.29 is 14.3 Å². The molecule has 0 aliphatic rings. The van der Waals surface area contributed by atoms with Gasteiger partial charge in [0.05, 0.1) is 18.1 Å². The van der Waals surface area contributed by atoms with Crippen molar-refractivity contribution in [2.24, 2.45) is 0 Å². The van der Waals surface area contributed by atoms with E-state index in [0.717, 1.165) is 16.6 Å². The predicted molar refractivity (Wildman–Crippen MR) is 101 cm³/mol. The van der Waals surface area contributed by atoms with Crippen LogP contribution in [0.15, 0.2) is 67.1 Å². The van der Waals surface area contributed by atoms with Gasteiger partial charge in [-0.25, -0.2) is 9.78 Å². The van der Waals surface area contributed by atoms with Gasteiger partial charge in [-0.3, -0.25) is 10.3 Å². The number of aromatic amines is 1. The summed E-state index contributed by atoms with van der Waals surface area (Å²) in [4.78, 5) is 23.5. The van der Waals surface area contributed by atoms with Crippen molar-refractivity contribution in [2.75, 3.05) is 5.32 Å². The fourth-order valence-electron chi connectivity index (χ4n) is 2.52. The Balaban J connectivity index is 1.39. The third-order valence-corrected chi connectivity index (χ3v) is 3.84. The zero-order valence-electron chi connectivity index (χ0n) is 14.5. The van der Waals surface area contributed by atoms with Gasteiger partial charge >= 0.3 is 6.09 Å². The van der Waals surface area contributed by atoms with Crippen LogP contribution in [0.5, 0.6) is 17.4 Å². The van der Waals surface area contributed by atoms with Gasteiger partial charge in [0.15, 0.2) is 5.75 Å². The highest BCUT2D eigenvalue weighted by Gasteiger charge is 2.10. The van der Waals surface area contributed by atoms with Gasteiger partial charge in [-0.1, -0.05) is 12.1 Å². The summed E-state index contributed by atoms with van der Waals surface area (Å²) in [6.45, 7) is 1.90. The summed E-state index contributed by atoms with van der Waals surface area (Å²) in [6.07, 6.45) is 4.17. The first kappa shape index (κ1) is 16.6. The number of para-hydroxylation sites is 1. The van der Waals surface area contributed by atoms with Crippen molar-refractivity contribution in [1.29, 1.82) is 0 Å². The molecule has 0 radical (unpaired) electrons. The van der Waals surface area contributed by atoms with Crippen LogP contribution in [-0.4, -0.2) is 21.0 Å². The van der Waals surface area contributed by atoms with Gasteiger partial charge in [0.1, 0.15) is 5.75 Å². The average Bonchev–Trinajstić information content (AvgIpc) is 3.08. The van der Waals surface area contributed by atoms with Gasteiger partial charge in [0.25, 0.3) is 0 Å². The van der Waals surface area contributed by atoms with Crippen molar-refractivity contribution in [3.63, 3.8) is 0 Å². The third-order valence-electron chi connectivity index (χ3n) is 3.84. The Kier molecular flexibility index (Phi) is 4.40. The normalized spacial score (nSPS) is 10.6. The zero-order chi connectivity index (χ0) is 18.6. The Labute approximate surface area is 155 Å². The Morgan fingerprint density at radius 3 is 2.70 bits per heavy atom. The number of benzene rings is 1. The summed E-state index contributed by atoms with van der Waals surface area (Å²) >= 11 is 0. The molecular weight excluding hydrogens is 344 g/mol. The number of amides is 1. The fraction of sp³-hybridized carbons (Fsp3) is 0.0500. The van der Waals surface area contributed by atoms with Gasteiger partial charge in [-0.05, 0) is 37.3 Å². The maximum absolute atomic E-state index is 12.1. The molecule has 0 aliphatic heterocycles. The molecule has 0 unspecified atom stereocenters. The van der Waals surface area contributed by atoms with Gasteiger partial charge in [-0.15, -0.1) is 0 Å². The first-order valence-electron chi connectivity index (χ1n) is 8.29. The highest BCUT2D eigenvalue weighted by atomic mass is 16.6. The van der Waals surface area contributed by atoms with Crippen molar-refractivity contribution in [1.82, 2.24) is 15.0 Å². The molecule has 0 saturated heterocycles. The molecule has 0 bridgehead atoms. The Hall–Kier alpha value is -3.87. The van der Waals surface area contributed by atoms with E-state index < -0.39 is 6.09 Å². The first-order chi connectivity index (χ1) is 13.2. The van der Waals surface area contributed by atoms with Crippen LogP contribution < -0.4 is 14.8 Å². The molecular formula is C20H16N4O3. The topological polar surface area (TPSA) is 89.1 Å². The van der Waals surface area contributed by atoms with Crippen molar-refractivity contribution in [3.8, 4) is 17.4 Å². The lowest BCUT2D eigenvalue weighted by Crippen LogP contribution is -2.16. The van der Waals surface area contributed by atoms with Gasteiger partial charge in [-0.2, -0.15) is 0 Å². The van der Waals surface area contributed by atoms with Crippen molar-refractivity contribution in [3.05, 3.63) is 72.8 Å². The summed E-state index contributed by atoms with van der Waals surface area (Å²) < 4.78 is 11.0. The van der Waals surface area contributed by atoms with E-state index in [1.165, 1.54) is 6.20 Å². The number of carbonyl (C=O) groups is 1. The lowest BCUT2D eigenvalue weighted by Gasteiger charge is -2.07. The van der Waals surface area contributed by atoms with E-state index in [9.17, 15) is 4.79 Å². The average molecular weight is 360 g/mol. The minimum Gasteiger partial charge on any atom is -0.437 e. The molecule has 7 heteroatoms. The van der Waals surface area contributed by atoms with Crippen LogP contribution in [0, 0.1) is 6.92 Å². The number of aromatic nitrogens is 3. The number of hydrogen-bond acceptors (Lipinski definition) is 5. The summed E-state index contributed by atoms with van der Waals surface area (Å²) in [5, 5.41) is 3.47. The van der Waals surface area contributed by atoms with Crippen molar-refractivity contribution >= 4 is 22.7 Å². The van der Waals surface area contributed by atoms with E-state index in [-0.39, 0.29) is 0 Å². The molecule has 0 fully saturated rings. The minimum absolute atomic E-state index is 0.399. The van der Waals surface area contributed by atoms with Crippen LogP contribution in [-0.2, 0) is 0 Å². The van der Waals surface area contributed by atoms with Gasteiger partial charge in [0.2, 0.25) is 5.88 Å². The largest absolute Gasteiger partial charge is 0.437 e. The number of fused-ring (bicyclic) bond motifs is 1. The number of pyridine rings is 2. The predicted octanol–water partition coefficient (Wildman–Crippen LogP) is 4.67. The van der Waals surface area contributed by atoms with E-state index in [4.69, 9.17) is 9.47 Å². The molecule has 0 saturated carbocycles. The molecule has 27 heavy (non-hydrogen) atoms. The van der Waals surface area contributed by atoms with E-state index in [0.29, 0.717) is 23.1 Å². The summed E-state index contributed by atoms with van der Waals surface area (Å²) in [5.41, 5.74) is 2.30. The minimum atomic E-state index is -0.599. The van der Waals surface area contributed by atoms with Crippen LogP contribution in [0.3, 0.4) is 0 Å². The second-order valence-corrected chi connectivity index (χ2v) is 5.84. The molecule has 7 nitrogen and oxygen atoms in total. The Morgan fingerprint density at radius 2 is 1.93 bits per heavy atom. The van der Waals surface area contributed by atoms with Gasteiger partial charge < -0.3 is 14.5 Å². The molecule has 4 aromatic rings. The number of carbonyl (C=O) groups excluding carboxylic acids is 1. The SMILES string of the molecule is Cc1ccc(Oc2ccc(NC(=O)Oc3c[nH]c4ccccc34)cn2)cn1. The molecule has 1 aromatic carbocycles. The fourth-order valence-corrected chi connectivity index (χ4v) is 2.52. The molecule has 1 amide bonds. The second kappa shape index (κ2) is 7.17. The Bertz CT molecular complexity index is 1070. The zero-order valence-corrected chi connectivity index (χ0v) is 14.5. The standard InChI is InChI=1S/C20H16N4O3/c1-13-6-8-15(11-21-13)26-19-9-7-14(10-23-19)24-20(25)27-18-12-22-17-5-3-2-4-16(17)18/h2-12,22H,1H3,(H,24,25). The smallest absolute Gasteiger partial charge is 0.417 e. The van der Waals surface area contributed by atoms with E-state index in [1.807, 2.05) is 43.3 Å². The van der Waals surface area contributed by atoms with Crippen LogP contribution in [0.1, 0.15) is 5.69 Å². The van der Waals surface area contributed by atoms with Crippen LogP contribution in [0.4, 0.5) is 10.5 Å². The maximum Gasteiger partial charge on any atom is 0.417 e. The molecule has 134 valence electrons. The van der Waals surface area contributed by atoms with Gasteiger partial charge in [0, 0.05) is 28.9 Å². The number of ether oxygens (including phenoxy) is 2. The van der Waals surface area contributed by atoms with E-state index in [1.54, 1.807) is 24.5 Å². The summed E-state index contributed by atoms with van der Waals surface area (Å²) in [7, 11) is 0. The molecule has 3 aromatic heterocycles. The number of H-pyrrole nitrogens is 1. The molecule has 0 atom stereocenters. The van der Waals surface area contributed by atoms with Crippen LogP contribution in [0.25, 0.3) is 10.9 Å². The van der Waals surface area contributed by atoms with Crippen LogP contribution >= 0.6 is 0 Å². The molecule has 4 rings (SSSR count). The van der Waals surface area contributed by atoms with Crippen LogP contribution in [0.2, 0.25) is 0 Å². The van der Waals surface area contributed by atoms with E-state index in [2.05, 4.69) is 20.3 Å². The van der Waals surface area contributed by atoms with E-state index >= 15 is 0 Å². The second-order valence-electron chi connectivity index (χ2n) is 5.84. The highest BCUT2D eigenvalue weighted by molar-refractivity contribution is 5.92. The third kappa shape index (κ3) is 3.87. The number of nitrogens with one attached hydrogen (secondary N) is 2. The first-order valence-corrected chi connectivity index (χ1v) is 8.29. The lowest BCUT2D eigenvalue weighted by atomic mass is 10.2. The number of nitrogens with zero attached hydrogens (tertiary/aromatic N) is 2. The number of rotatable bonds is 4. The number of anilines is 1. The number of hydrogen-bond donors (Lipinski definition) is 2. The molecule has 0 spiro atoms. The molecule has 0 aliphatic carbocycles. The Morgan fingerprint density at radius 1 is 1.04 bits per heavy atom. The number of aryl methyl sites for hydroxylation is 1. The van der Waals surface area contributed by atoms with Crippen molar-refractivity contribution in [2.45, 2.75) is 6.92 Å². The maximum atomic E-state index is 12.1. The molecule has 2 N–H and O–H groups in total. The quantitative estimate of drug-likeness (QED) is 0.552. The monoisotopic (exact) mass is 360 g/mol. The molecule has 3 heterocycles. The highest BCUT2D eigenvalue weighted by Crippen LogP contribution is 2.25. The lowest BCUT2D eigenvalue weighted by molar-refractivity contribution is 0.215.